The minimum atomic E-state index is -0.535. The molecule has 0 aromatic heterocycles. The summed E-state index contributed by atoms with van der Waals surface area (Å²) < 4.78 is 11.2. The molecule has 0 amide bonds. The highest BCUT2D eigenvalue weighted by Crippen LogP contribution is 2.16. The number of ether oxygens (including phenoxy) is 2. The summed E-state index contributed by atoms with van der Waals surface area (Å²) >= 11 is 0. The molecule has 0 saturated heterocycles. The highest BCUT2D eigenvalue weighted by Gasteiger charge is 2.13. The molecule has 0 aliphatic carbocycles. The summed E-state index contributed by atoms with van der Waals surface area (Å²) in [4.78, 5) is 12.3. The van der Waals surface area contributed by atoms with E-state index in [4.69, 9.17) is 9.47 Å². The van der Waals surface area contributed by atoms with Crippen LogP contribution in [-0.2, 0) is 14.3 Å². The van der Waals surface area contributed by atoms with Gasteiger partial charge >= 0.3 is 5.97 Å². The van der Waals surface area contributed by atoms with Crippen molar-refractivity contribution in [3.8, 4) is 0 Å². The van der Waals surface area contributed by atoms with Gasteiger partial charge in [0.05, 0.1) is 13.2 Å². The van der Waals surface area contributed by atoms with E-state index in [-0.39, 0.29) is 12.6 Å². The van der Waals surface area contributed by atoms with Crippen LogP contribution < -0.4 is 0 Å². The number of hydrogen-bond acceptors (Lipinski definition) is 4. The number of hydrogen-bond donors (Lipinski definition) is 1. The summed E-state index contributed by atoms with van der Waals surface area (Å²) in [5.74, 6) is -0.199. The Morgan fingerprint density at radius 3 is 1.07 bits per heavy atom. The second-order valence-electron chi connectivity index (χ2n) is 18.0. The summed E-state index contributed by atoms with van der Waals surface area (Å²) in [7, 11) is 0. The SMILES string of the molecule is CCCCCCC/C=C\C/C=C\C/C=C\CCCCCCCCCCCCC(=O)OC(CO)COCCCCCCCCCCCCCCCCCCCCCCCC. The van der Waals surface area contributed by atoms with Gasteiger partial charge in [-0.2, -0.15) is 0 Å². The predicted molar refractivity (Wildman–Crippen MR) is 260 cm³/mol. The third-order valence-corrected chi connectivity index (χ3v) is 12.0. The van der Waals surface area contributed by atoms with Gasteiger partial charge in [-0.15, -0.1) is 0 Å². The average Bonchev–Trinajstić information content (AvgIpc) is 3.24. The first-order chi connectivity index (χ1) is 29.2. The van der Waals surface area contributed by atoms with Gasteiger partial charge in [0, 0.05) is 13.0 Å². The summed E-state index contributed by atoms with van der Waals surface area (Å²) in [6.45, 7) is 5.38. The van der Waals surface area contributed by atoms with E-state index in [2.05, 4.69) is 50.3 Å². The first-order valence-corrected chi connectivity index (χ1v) is 26.6. The van der Waals surface area contributed by atoms with Gasteiger partial charge in [0.25, 0.3) is 0 Å². The maximum absolute atomic E-state index is 12.3. The van der Waals surface area contributed by atoms with Crippen LogP contribution in [0, 0.1) is 0 Å². The van der Waals surface area contributed by atoms with Crippen LogP contribution in [0.15, 0.2) is 36.5 Å². The molecule has 0 aromatic carbocycles. The van der Waals surface area contributed by atoms with Gasteiger partial charge in [0.1, 0.15) is 6.10 Å². The van der Waals surface area contributed by atoms with E-state index < -0.39 is 6.10 Å². The van der Waals surface area contributed by atoms with Gasteiger partial charge < -0.3 is 14.6 Å². The molecule has 59 heavy (non-hydrogen) atoms. The van der Waals surface area contributed by atoms with Crippen molar-refractivity contribution in [1.29, 1.82) is 0 Å². The third-order valence-electron chi connectivity index (χ3n) is 12.0. The minimum Gasteiger partial charge on any atom is -0.457 e. The Labute approximate surface area is 370 Å². The summed E-state index contributed by atoms with van der Waals surface area (Å²) in [6, 6.07) is 0. The number of rotatable bonds is 50. The second kappa shape index (κ2) is 52.7. The summed E-state index contributed by atoms with van der Waals surface area (Å²) in [5.41, 5.74) is 0. The Hall–Kier alpha value is -1.39. The van der Waals surface area contributed by atoms with Gasteiger partial charge in [-0.3, -0.25) is 4.79 Å². The lowest BCUT2D eigenvalue weighted by Crippen LogP contribution is -2.27. The van der Waals surface area contributed by atoms with Crippen LogP contribution in [0.5, 0.6) is 0 Å². The van der Waals surface area contributed by atoms with Crippen molar-refractivity contribution in [1.82, 2.24) is 0 Å². The lowest BCUT2D eigenvalue weighted by atomic mass is 10.0. The van der Waals surface area contributed by atoms with Crippen molar-refractivity contribution in [2.45, 2.75) is 290 Å². The van der Waals surface area contributed by atoms with Crippen LogP contribution in [0.4, 0.5) is 0 Å². The summed E-state index contributed by atoms with van der Waals surface area (Å²) in [6.07, 6.45) is 68.1. The number of unbranched alkanes of at least 4 members (excludes halogenated alkanes) is 36. The highest BCUT2D eigenvalue weighted by molar-refractivity contribution is 5.69. The molecule has 0 fully saturated rings. The quantitative estimate of drug-likeness (QED) is 0.0377. The van der Waals surface area contributed by atoms with Crippen LogP contribution in [0.25, 0.3) is 0 Å². The Morgan fingerprint density at radius 2 is 0.712 bits per heavy atom. The van der Waals surface area contributed by atoms with Crippen LogP contribution in [0.1, 0.15) is 284 Å². The van der Waals surface area contributed by atoms with Crippen molar-refractivity contribution in [2.24, 2.45) is 0 Å². The maximum atomic E-state index is 12.3. The smallest absolute Gasteiger partial charge is 0.306 e. The molecule has 0 aliphatic heterocycles. The zero-order valence-corrected chi connectivity index (χ0v) is 40.0. The fourth-order valence-corrected chi connectivity index (χ4v) is 7.99. The van der Waals surface area contributed by atoms with Crippen molar-refractivity contribution < 1.29 is 19.4 Å². The van der Waals surface area contributed by atoms with Gasteiger partial charge in [-0.05, 0) is 51.4 Å². The zero-order valence-electron chi connectivity index (χ0n) is 40.0. The molecule has 0 heterocycles. The maximum Gasteiger partial charge on any atom is 0.306 e. The van der Waals surface area contributed by atoms with E-state index in [1.54, 1.807) is 0 Å². The normalized spacial score (nSPS) is 12.5. The standard InChI is InChI=1S/C55H104O4/c1-3-5-7-9-11-13-15-17-19-21-23-25-27-28-29-30-32-34-36-38-40-42-44-46-48-50-55(57)59-54(52-56)53-58-51-49-47-45-43-41-39-37-35-33-31-26-24-22-20-18-16-14-12-10-8-6-4-2/h15,17,21,23,27-28,54,56H,3-14,16,18-20,22,24-26,29-53H2,1-2H3/b17-15-,23-21-,28-27-. The van der Waals surface area contributed by atoms with Crippen molar-refractivity contribution >= 4 is 5.97 Å². The lowest BCUT2D eigenvalue weighted by molar-refractivity contribution is -0.154. The molecule has 1 unspecified atom stereocenters. The topological polar surface area (TPSA) is 55.8 Å². The molecule has 0 radical (unpaired) electrons. The number of esters is 1. The molecule has 0 aromatic rings. The predicted octanol–water partition coefficient (Wildman–Crippen LogP) is 18.0. The molecule has 0 spiro atoms. The zero-order chi connectivity index (χ0) is 42.6. The molecule has 4 nitrogen and oxygen atoms in total. The van der Waals surface area contributed by atoms with Gasteiger partial charge in [-0.1, -0.05) is 262 Å². The number of carbonyl (C=O) groups is 1. The Morgan fingerprint density at radius 1 is 0.407 bits per heavy atom. The highest BCUT2D eigenvalue weighted by atomic mass is 16.6. The van der Waals surface area contributed by atoms with E-state index in [0.29, 0.717) is 19.6 Å². The van der Waals surface area contributed by atoms with Gasteiger partial charge in [0.15, 0.2) is 0 Å². The molecule has 0 aliphatic rings. The molecule has 0 saturated carbocycles. The largest absolute Gasteiger partial charge is 0.457 e. The molecule has 1 N–H and O–H groups in total. The monoisotopic (exact) mass is 829 g/mol. The van der Waals surface area contributed by atoms with Crippen LogP contribution >= 0.6 is 0 Å². The van der Waals surface area contributed by atoms with E-state index >= 15 is 0 Å². The Kier molecular flexibility index (Phi) is 51.5. The second-order valence-corrected chi connectivity index (χ2v) is 18.0. The molecular formula is C55H104O4. The molecular weight excluding hydrogens is 725 g/mol. The summed E-state index contributed by atoms with van der Waals surface area (Å²) in [5, 5.41) is 9.66. The van der Waals surface area contributed by atoms with E-state index in [0.717, 1.165) is 32.1 Å². The van der Waals surface area contributed by atoms with Gasteiger partial charge in [-0.25, -0.2) is 0 Å². The fraction of sp³-hybridized carbons (Fsp3) is 0.873. The van der Waals surface area contributed by atoms with Crippen molar-refractivity contribution in [2.75, 3.05) is 19.8 Å². The molecule has 0 rings (SSSR count). The number of aliphatic hydroxyl groups is 1. The first-order valence-electron chi connectivity index (χ1n) is 26.6. The van der Waals surface area contributed by atoms with Crippen molar-refractivity contribution in [3.05, 3.63) is 36.5 Å². The van der Waals surface area contributed by atoms with E-state index in [1.807, 2.05) is 0 Å². The molecule has 348 valence electrons. The van der Waals surface area contributed by atoms with Crippen LogP contribution in [0.2, 0.25) is 0 Å². The van der Waals surface area contributed by atoms with Crippen LogP contribution in [-0.4, -0.2) is 37.0 Å². The third kappa shape index (κ3) is 50.9. The minimum absolute atomic E-state index is 0.170. The number of carbonyl (C=O) groups excluding carboxylic acids is 1. The first kappa shape index (κ1) is 57.6. The fourth-order valence-electron chi connectivity index (χ4n) is 7.99. The molecule has 0 bridgehead atoms. The molecule has 1 atom stereocenters. The van der Waals surface area contributed by atoms with Crippen LogP contribution in [0.3, 0.4) is 0 Å². The Bertz CT molecular complexity index is 878. The number of aliphatic hydroxyl groups excluding tert-OH is 1. The van der Waals surface area contributed by atoms with E-state index in [1.165, 1.54) is 231 Å². The van der Waals surface area contributed by atoms with Gasteiger partial charge in [0.2, 0.25) is 0 Å². The van der Waals surface area contributed by atoms with E-state index in [9.17, 15) is 9.90 Å². The van der Waals surface area contributed by atoms with Crippen molar-refractivity contribution in [3.63, 3.8) is 0 Å². The lowest BCUT2D eigenvalue weighted by Gasteiger charge is -2.16. The molecule has 4 heteroatoms. The average molecular weight is 829 g/mol. The number of allylic oxidation sites excluding steroid dienone is 6. The Balaban J connectivity index is 3.39.